The lowest BCUT2D eigenvalue weighted by molar-refractivity contribution is 0.0730. The number of ether oxygens (including phenoxy) is 1. The Morgan fingerprint density at radius 3 is 2.54 bits per heavy atom. The van der Waals surface area contributed by atoms with E-state index >= 15 is 0 Å². The minimum atomic E-state index is -3.61. The van der Waals surface area contributed by atoms with Crippen molar-refractivity contribution in [2.24, 2.45) is 0 Å². The number of morpholine rings is 1. The Morgan fingerprint density at radius 1 is 1.11 bits per heavy atom. The van der Waals surface area contributed by atoms with Crippen LogP contribution in [0, 0.1) is 13.8 Å². The first-order valence-electron chi connectivity index (χ1n) is 9.08. The SMILES string of the molecule is Cc1nn(Cc2coc(-c3ccccc3)n2)c(C)c1S(=O)(=O)N1CCOCC1. The van der Waals surface area contributed by atoms with Crippen molar-refractivity contribution in [1.29, 1.82) is 0 Å². The maximum absolute atomic E-state index is 13.1. The Balaban J connectivity index is 1.61. The van der Waals surface area contributed by atoms with Crippen LogP contribution in [0.3, 0.4) is 0 Å². The van der Waals surface area contributed by atoms with Gasteiger partial charge < -0.3 is 9.15 Å². The van der Waals surface area contributed by atoms with Gasteiger partial charge in [-0.15, -0.1) is 0 Å². The van der Waals surface area contributed by atoms with E-state index in [2.05, 4.69) is 10.1 Å². The van der Waals surface area contributed by atoms with E-state index in [1.165, 1.54) is 4.31 Å². The summed E-state index contributed by atoms with van der Waals surface area (Å²) in [7, 11) is -3.61. The molecule has 3 heterocycles. The second kappa shape index (κ2) is 7.50. The van der Waals surface area contributed by atoms with E-state index in [4.69, 9.17) is 9.15 Å². The highest BCUT2D eigenvalue weighted by Gasteiger charge is 2.32. The van der Waals surface area contributed by atoms with E-state index in [9.17, 15) is 8.42 Å². The van der Waals surface area contributed by atoms with E-state index in [1.807, 2.05) is 30.3 Å². The molecular weight excluding hydrogens is 380 g/mol. The molecule has 0 aliphatic carbocycles. The van der Waals surface area contributed by atoms with Gasteiger partial charge in [-0.3, -0.25) is 4.68 Å². The Labute approximate surface area is 163 Å². The predicted molar refractivity (Wildman–Crippen MR) is 102 cm³/mol. The zero-order valence-corrected chi connectivity index (χ0v) is 16.6. The highest BCUT2D eigenvalue weighted by molar-refractivity contribution is 7.89. The largest absolute Gasteiger partial charge is 0.444 e. The maximum atomic E-state index is 13.1. The van der Waals surface area contributed by atoms with Gasteiger partial charge >= 0.3 is 0 Å². The minimum absolute atomic E-state index is 0.265. The van der Waals surface area contributed by atoms with Crippen LogP contribution in [-0.2, 0) is 21.3 Å². The lowest BCUT2D eigenvalue weighted by Gasteiger charge is -2.26. The van der Waals surface area contributed by atoms with Crippen molar-refractivity contribution in [3.63, 3.8) is 0 Å². The van der Waals surface area contributed by atoms with Crippen LogP contribution >= 0.6 is 0 Å². The van der Waals surface area contributed by atoms with Crippen LogP contribution in [0.15, 0.2) is 45.9 Å². The summed E-state index contributed by atoms with van der Waals surface area (Å²) in [5, 5.41) is 4.45. The Kier molecular flexibility index (Phi) is 5.05. The third kappa shape index (κ3) is 3.48. The van der Waals surface area contributed by atoms with Crippen LogP contribution < -0.4 is 0 Å². The molecule has 0 saturated carbocycles. The number of oxazole rings is 1. The van der Waals surface area contributed by atoms with Gasteiger partial charge in [-0.2, -0.15) is 9.40 Å². The molecule has 28 heavy (non-hydrogen) atoms. The molecule has 0 bridgehead atoms. The first-order valence-corrected chi connectivity index (χ1v) is 10.5. The van der Waals surface area contributed by atoms with Gasteiger partial charge in [0.25, 0.3) is 0 Å². The number of nitrogens with zero attached hydrogens (tertiary/aromatic N) is 4. The molecule has 3 aromatic rings. The molecule has 9 heteroatoms. The molecule has 1 aliphatic heterocycles. The number of aryl methyl sites for hydroxylation is 1. The van der Waals surface area contributed by atoms with E-state index in [0.717, 1.165) is 5.56 Å². The summed E-state index contributed by atoms with van der Waals surface area (Å²) >= 11 is 0. The van der Waals surface area contributed by atoms with Gasteiger partial charge in [-0.05, 0) is 26.0 Å². The van der Waals surface area contributed by atoms with Gasteiger partial charge in [0, 0.05) is 18.7 Å². The number of rotatable bonds is 5. The molecule has 148 valence electrons. The molecule has 1 fully saturated rings. The minimum Gasteiger partial charge on any atom is -0.444 e. The lowest BCUT2D eigenvalue weighted by atomic mass is 10.2. The predicted octanol–water partition coefficient (Wildman–Crippen LogP) is 2.22. The fourth-order valence-electron chi connectivity index (χ4n) is 3.37. The van der Waals surface area contributed by atoms with E-state index < -0.39 is 10.0 Å². The van der Waals surface area contributed by atoms with E-state index in [1.54, 1.807) is 24.8 Å². The van der Waals surface area contributed by atoms with Crippen LogP contribution in [0.25, 0.3) is 11.5 Å². The summed E-state index contributed by atoms with van der Waals surface area (Å²) in [6.07, 6.45) is 1.58. The smallest absolute Gasteiger partial charge is 0.246 e. The van der Waals surface area contributed by atoms with Gasteiger partial charge in [0.2, 0.25) is 15.9 Å². The first-order chi connectivity index (χ1) is 13.5. The molecule has 0 atom stereocenters. The number of aromatic nitrogens is 3. The van der Waals surface area contributed by atoms with Gasteiger partial charge in [0.05, 0.1) is 31.1 Å². The summed E-state index contributed by atoms with van der Waals surface area (Å²) in [6, 6.07) is 9.61. The van der Waals surface area contributed by atoms with Crippen LogP contribution in [0.1, 0.15) is 17.1 Å². The molecule has 4 rings (SSSR count). The zero-order valence-electron chi connectivity index (χ0n) is 15.8. The average molecular weight is 402 g/mol. The molecule has 0 spiro atoms. The van der Waals surface area contributed by atoms with E-state index in [0.29, 0.717) is 55.8 Å². The molecule has 0 N–H and O–H groups in total. The third-order valence-corrected chi connectivity index (χ3v) is 6.92. The Morgan fingerprint density at radius 2 is 1.82 bits per heavy atom. The maximum Gasteiger partial charge on any atom is 0.246 e. The van der Waals surface area contributed by atoms with Crippen molar-refractivity contribution in [2.45, 2.75) is 25.3 Å². The first kappa shape index (κ1) is 18.9. The Bertz CT molecular complexity index is 1070. The fourth-order valence-corrected chi connectivity index (χ4v) is 5.15. The van der Waals surface area contributed by atoms with Crippen molar-refractivity contribution < 1.29 is 17.6 Å². The topological polar surface area (TPSA) is 90.5 Å². The van der Waals surface area contributed by atoms with Gasteiger partial charge in [0.15, 0.2) is 0 Å². The van der Waals surface area contributed by atoms with Crippen molar-refractivity contribution in [3.05, 3.63) is 53.7 Å². The molecule has 2 aromatic heterocycles. The zero-order chi connectivity index (χ0) is 19.7. The summed E-state index contributed by atoms with van der Waals surface area (Å²) in [5.41, 5.74) is 2.64. The van der Waals surface area contributed by atoms with Crippen molar-refractivity contribution in [2.75, 3.05) is 26.3 Å². The Hall–Kier alpha value is -2.49. The second-order valence-electron chi connectivity index (χ2n) is 6.68. The number of hydrogen-bond donors (Lipinski definition) is 0. The average Bonchev–Trinajstić information content (AvgIpc) is 3.28. The monoisotopic (exact) mass is 402 g/mol. The van der Waals surface area contributed by atoms with Crippen LogP contribution in [-0.4, -0.2) is 53.8 Å². The van der Waals surface area contributed by atoms with Crippen LogP contribution in [0.4, 0.5) is 0 Å². The molecule has 0 radical (unpaired) electrons. The third-order valence-electron chi connectivity index (χ3n) is 4.77. The van der Waals surface area contributed by atoms with Crippen molar-refractivity contribution >= 4 is 10.0 Å². The molecule has 1 aliphatic rings. The number of benzene rings is 1. The molecule has 0 unspecified atom stereocenters. The van der Waals surface area contributed by atoms with Gasteiger partial charge in [-0.25, -0.2) is 13.4 Å². The normalized spacial score (nSPS) is 15.8. The highest BCUT2D eigenvalue weighted by Crippen LogP contribution is 2.25. The number of hydrogen-bond acceptors (Lipinski definition) is 6. The van der Waals surface area contributed by atoms with E-state index in [-0.39, 0.29) is 4.90 Å². The van der Waals surface area contributed by atoms with Gasteiger partial charge in [-0.1, -0.05) is 18.2 Å². The number of sulfonamides is 1. The fraction of sp³-hybridized carbons (Fsp3) is 0.368. The summed E-state index contributed by atoms with van der Waals surface area (Å²) < 4.78 is 40.1. The standard InChI is InChI=1S/C19H22N4O4S/c1-14-18(28(24,25)22-8-10-26-11-9-22)15(2)23(21-14)12-17-13-27-19(20-17)16-6-4-3-5-7-16/h3-7,13H,8-12H2,1-2H3. The molecule has 1 saturated heterocycles. The molecule has 0 amide bonds. The van der Waals surface area contributed by atoms with Crippen molar-refractivity contribution in [3.8, 4) is 11.5 Å². The van der Waals surface area contributed by atoms with Crippen molar-refractivity contribution in [1.82, 2.24) is 19.1 Å². The quantitative estimate of drug-likeness (QED) is 0.650. The summed E-state index contributed by atoms with van der Waals surface area (Å²) in [6.45, 7) is 5.35. The highest BCUT2D eigenvalue weighted by atomic mass is 32.2. The lowest BCUT2D eigenvalue weighted by Crippen LogP contribution is -2.41. The molecule has 8 nitrogen and oxygen atoms in total. The van der Waals surface area contributed by atoms with Crippen LogP contribution in [0.5, 0.6) is 0 Å². The van der Waals surface area contributed by atoms with Crippen LogP contribution in [0.2, 0.25) is 0 Å². The summed E-state index contributed by atoms with van der Waals surface area (Å²) in [5.74, 6) is 0.526. The van der Waals surface area contributed by atoms with Gasteiger partial charge in [0.1, 0.15) is 16.9 Å². The second-order valence-corrected chi connectivity index (χ2v) is 8.56. The molecule has 1 aromatic carbocycles. The molecular formula is C19H22N4O4S. The summed E-state index contributed by atoms with van der Waals surface area (Å²) in [4.78, 5) is 4.77.